The number of anilines is 3. The Hall–Kier alpha value is -4.32. The molecule has 9 rings (SSSR count). The lowest BCUT2D eigenvalue weighted by molar-refractivity contribution is -0.109. The second-order valence-electron chi connectivity index (χ2n) is 14.2. The van der Waals surface area contributed by atoms with E-state index in [1.165, 1.54) is 12.8 Å². The minimum absolute atomic E-state index is 0.0716. The summed E-state index contributed by atoms with van der Waals surface area (Å²) in [5.41, 5.74) is 4.02. The van der Waals surface area contributed by atoms with Crippen LogP contribution in [0.3, 0.4) is 0 Å². The number of nitrogens with zero attached hydrogens (tertiary/aromatic N) is 1. The largest absolute Gasteiger partial charge is 0.506 e. The van der Waals surface area contributed by atoms with Crippen molar-refractivity contribution in [3.05, 3.63) is 82.6 Å². The maximum absolute atomic E-state index is 14.3. The van der Waals surface area contributed by atoms with Crippen molar-refractivity contribution in [2.24, 2.45) is 16.8 Å². The molecule has 44 heavy (non-hydrogen) atoms. The van der Waals surface area contributed by atoms with E-state index in [2.05, 4.69) is 72.3 Å². The summed E-state index contributed by atoms with van der Waals surface area (Å²) >= 11 is 0. The molecule has 2 unspecified atom stereocenters. The third kappa shape index (κ3) is 3.66. The minimum Gasteiger partial charge on any atom is -0.506 e. The number of aliphatic hydroxyl groups is 1. The van der Waals surface area contributed by atoms with Crippen molar-refractivity contribution in [3.63, 3.8) is 0 Å². The highest BCUT2D eigenvalue weighted by molar-refractivity contribution is 6.52. The van der Waals surface area contributed by atoms with Crippen LogP contribution in [0.5, 0.6) is 0 Å². The van der Waals surface area contributed by atoms with Crippen LogP contribution >= 0.6 is 0 Å². The number of allylic oxidation sites excluding steroid dienone is 2. The number of rotatable bonds is 1. The number of nitrogens with one attached hydrogen (secondary N) is 3. The van der Waals surface area contributed by atoms with Crippen LogP contribution in [0.2, 0.25) is 0 Å². The summed E-state index contributed by atoms with van der Waals surface area (Å²) in [6.45, 7) is 4.65. The summed E-state index contributed by atoms with van der Waals surface area (Å²) in [4.78, 5) is 19.6. The van der Waals surface area contributed by atoms with Gasteiger partial charge in [0, 0.05) is 32.9 Å². The summed E-state index contributed by atoms with van der Waals surface area (Å²) in [6, 6.07) is 20.8. The number of Topliss-reactive ketones (excluding diaryl/α,β-unsaturated/α-hetero) is 1. The summed E-state index contributed by atoms with van der Waals surface area (Å²) in [5.74, 6) is 1.10. The Labute approximate surface area is 257 Å². The van der Waals surface area contributed by atoms with Gasteiger partial charge in [-0.1, -0.05) is 68.8 Å². The Balaban J connectivity index is 1.26. The van der Waals surface area contributed by atoms with Crippen molar-refractivity contribution < 1.29 is 9.90 Å². The van der Waals surface area contributed by atoms with Gasteiger partial charge in [-0.25, -0.2) is 0 Å². The van der Waals surface area contributed by atoms with Crippen LogP contribution in [0.15, 0.2) is 71.4 Å². The second-order valence-corrected chi connectivity index (χ2v) is 14.2. The molecule has 3 aliphatic carbocycles. The van der Waals surface area contributed by atoms with Crippen LogP contribution in [-0.2, 0) is 4.79 Å². The van der Waals surface area contributed by atoms with Crippen molar-refractivity contribution in [2.75, 3.05) is 16.0 Å². The van der Waals surface area contributed by atoms with Gasteiger partial charge in [0.15, 0.2) is 0 Å². The molecule has 2 heterocycles. The summed E-state index contributed by atoms with van der Waals surface area (Å²) in [6.07, 6.45) is 8.62. The predicted molar refractivity (Wildman–Crippen MR) is 178 cm³/mol. The molecule has 0 aromatic heterocycles. The van der Waals surface area contributed by atoms with Crippen molar-refractivity contribution in [2.45, 2.75) is 76.5 Å². The summed E-state index contributed by atoms with van der Waals surface area (Å²) < 4.78 is 0. The number of hydrogen-bond donors (Lipinski definition) is 4. The van der Waals surface area contributed by atoms with Gasteiger partial charge in [0.1, 0.15) is 17.1 Å². The molecule has 0 amide bonds. The molecule has 2 fully saturated rings. The van der Waals surface area contributed by atoms with Crippen molar-refractivity contribution >= 4 is 55.5 Å². The number of hydrogen-bond acceptors (Lipinski definition) is 6. The Bertz CT molecular complexity index is 2080. The van der Waals surface area contributed by atoms with Gasteiger partial charge in [-0.3, -0.25) is 9.79 Å². The van der Waals surface area contributed by atoms with Gasteiger partial charge in [-0.2, -0.15) is 0 Å². The maximum Gasteiger partial charge on any atom is 0.201 e. The number of carbonyl (C=O) groups is 1. The third-order valence-electron chi connectivity index (χ3n) is 10.8. The molecule has 2 atom stereocenters. The van der Waals surface area contributed by atoms with E-state index in [0.717, 1.165) is 93.3 Å². The molecule has 0 radical (unpaired) electrons. The van der Waals surface area contributed by atoms with Gasteiger partial charge >= 0.3 is 0 Å². The Kier molecular flexibility index (Phi) is 5.40. The summed E-state index contributed by atoms with van der Waals surface area (Å²) in [5, 5.41) is 29.2. The maximum atomic E-state index is 14.3. The van der Waals surface area contributed by atoms with Gasteiger partial charge in [-0.05, 0) is 79.7 Å². The standard InChI is InChI=1S/C38H38N4O2/c1-21-18-22(2)20-38(19-21)40-28-11-7-9-24-13-15-26(34(42-38)30(24)28)32-35(43)31(36(32)44)25-14-12-23-8-6-10-27-29(23)33(25)41-37(39-27)16-4-3-5-17-37/h6-15,21-22,39-40,42-43H,3-5,16-20H2,1-2H3/b31-25+. The number of benzene rings is 4. The molecular weight excluding hydrogens is 544 g/mol. The van der Waals surface area contributed by atoms with E-state index in [1.807, 2.05) is 18.2 Å². The van der Waals surface area contributed by atoms with Crippen LogP contribution in [-0.4, -0.2) is 22.2 Å². The van der Waals surface area contributed by atoms with E-state index >= 15 is 0 Å². The van der Waals surface area contributed by atoms with Crippen LogP contribution in [0.25, 0.3) is 32.7 Å². The van der Waals surface area contributed by atoms with Gasteiger partial charge in [-0.15, -0.1) is 0 Å². The first-order valence-electron chi connectivity index (χ1n) is 16.4. The van der Waals surface area contributed by atoms with E-state index in [4.69, 9.17) is 4.99 Å². The van der Waals surface area contributed by atoms with E-state index in [0.29, 0.717) is 23.0 Å². The molecule has 5 aliphatic rings. The topological polar surface area (TPSA) is 85.8 Å². The lowest BCUT2D eigenvalue weighted by Crippen LogP contribution is -2.53. The molecule has 222 valence electrons. The molecule has 2 aliphatic heterocycles. The normalized spacial score (nSPS) is 27.9. The smallest absolute Gasteiger partial charge is 0.201 e. The molecule has 6 heteroatoms. The van der Waals surface area contributed by atoms with Crippen LogP contribution in [0, 0.1) is 11.8 Å². The zero-order chi connectivity index (χ0) is 29.8. The summed E-state index contributed by atoms with van der Waals surface area (Å²) in [7, 11) is 0. The fourth-order valence-corrected chi connectivity index (χ4v) is 9.23. The number of ketones is 1. The fourth-order valence-electron chi connectivity index (χ4n) is 9.23. The van der Waals surface area contributed by atoms with Crippen molar-refractivity contribution in [1.82, 2.24) is 0 Å². The zero-order valence-electron chi connectivity index (χ0n) is 25.4. The Morgan fingerprint density at radius 1 is 0.773 bits per heavy atom. The van der Waals surface area contributed by atoms with Crippen molar-refractivity contribution in [1.29, 1.82) is 0 Å². The highest BCUT2D eigenvalue weighted by Gasteiger charge is 2.44. The number of aliphatic hydroxyl groups excluding tert-OH is 1. The van der Waals surface area contributed by atoms with E-state index in [1.54, 1.807) is 0 Å². The third-order valence-corrected chi connectivity index (χ3v) is 10.8. The average Bonchev–Trinajstić information content (AvgIpc) is 2.99. The first kappa shape index (κ1) is 26.1. The van der Waals surface area contributed by atoms with Crippen LogP contribution < -0.4 is 26.5 Å². The second kappa shape index (κ2) is 9.10. The molecule has 0 saturated heterocycles. The molecular formula is C38H38N4O2. The highest BCUT2D eigenvalue weighted by Crippen LogP contribution is 2.50. The molecule has 4 aromatic carbocycles. The van der Waals surface area contributed by atoms with Crippen LogP contribution in [0.1, 0.15) is 70.8 Å². The highest BCUT2D eigenvalue weighted by atomic mass is 16.3. The van der Waals surface area contributed by atoms with Gasteiger partial charge < -0.3 is 21.1 Å². The van der Waals surface area contributed by atoms with Gasteiger partial charge in [0.2, 0.25) is 5.78 Å². The molecule has 4 N–H and O–H groups in total. The molecule has 2 spiro atoms. The zero-order valence-corrected chi connectivity index (χ0v) is 25.4. The number of carbonyl (C=O) groups excluding carboxylic acids is 1. The molecule has 4 aromatic rings. The van der Waals surface area contributed by atoms with Gasteiger partial charge in [0.25, 0.3) is 0 Å². The van der Waals surface area contributed by atoms with Crippen molar-refractivity contribution in [3.8, 4) is 0 Å². The molecule has 2 saturated carbocycles. The predicted octanol–water partition coefficient (Wildman–Crippen LogP) is 7.39. The fraction of sp³-hybridized carbons (Fsp3) is 0.368. The molecule has 6 nitrogen and oxygen atoms in total. The Morgan fingerprint density at radius 2 is 1.45 bits per heavy atom. The molecule has 0 bridgehead atoms. The van der Waals surface area contributed by atoms with E-state index in [9.17, 15) is 9.90 Å². The lowest BCUT2D eigenvalue weighted by Gasteiger charge is -2.48. The lowest BCUT2D eigenvalue weighted by atomic mass is 9.74. The van der Waals surface area contributed by atoms with Crippen LogP contribution in [0.4, 0.5) is 17.1 Å². The van der Waals surface area contributed by atoms with E-state index in [-0.39, 0.29) is 22.9 Å². The SMILES string of the molecule is CC1CC(C)CC2(C1)Nc1cccc3ccc(C4=C(O)/C(=c5/ccc6cccc7c6c5=NC5(CCCCC5)N7)C4=O)c(c13)N2. The average molecular weight is 583 g/mol. The van der Waals surface area contributed by atoms with Gasteiger partial charge in [0.05, 0.1) is 22.2 Å². The monoisotopic (exact) mass is 582 g/mol. The minimum atomic E-state index is -0.358. The quantitative estimate of drug-likeness (QED) is 0.188. The first-order valence-corrected chi connectivity index (χ1v) is 16.4. The van der Waals surface area contributed by atoms with E-state index < -0.39 is 0 Å². The Morgan fingerprint density at radius 3 is 2.18 bits per heavy atom. The first-order chi connectivity index (χ1) is 21.3.